The molecule has 2 aromatic heterocycles. The number of carbonyl (C=O) groups excluding carboxylic acids is 1. The first kappa shape index (κ1) is 20.8. The highest BCUT2D eigenvalue weighted by Gasteiger charge is 2.19. The zero-order valence-electron chi connectivity index (χ0n) is 18.3. The fourth-order valence-corrected chi connectivity index (χ4v) is 3.21. The van der Waals surface area contributed by atoms with E-state index < -0.39 is 0 Å². The lowest BCUT2D eigenvalue weighted by atomic mass is 10.0. The number of nitrogens with zero attached hydrogens (tertiary/aromatic N) is 3. The van der Waals surface area contributed by atoms with E-state index in [1.54, 1.807) is 6.20 Å². The lowest BCUT2D eigenvalue weighted by Gasteiger charge is -2.15. The van der Waals surface area contributed by atoms with Crippen LogP contribution in [0, 0.1) is 6.92 Å². The number of anilines is 1. The molecular formula is C23H30N4O2. The fourth-order valence-electron chi connectivity index (χ4n) is 3.21. The molecule has 0 bridgehead atoms. The minimum atomic E-state index is -0.164. The van der Waals surface area contributed by atoms with Gasteiger partial charge in [0.1, 0.15) is 5.75 Å². The smallest absolute Gasteiger partial charge is 0.256 e. The van der Waals surface area contributed by atoms with Gasteiger partial charge in [-0.15, -0.1) is 0 Å². The van der Waals surface area contributed by atoms with Gasteiger partial charge in [-0.2, -0.15) is 5.10 Å². The summed E-state index contributed by atoms with van der Waals surface area (Å²) >= 11 is 0. The van der Waals surface area contributed by atoms with Crippen LogP contribution in [0.4, 0.5) is 5.69 Å². The molecule has 0 atom stereocenters. The van der Waals surface area contributed by atoms with E-state index in [4.69, 9.17) is 9.72 Å². The number of hydrogen-bond donors (Lipinski definition) is 1. The summed E-state index contributed by atoms with van der Waals surface area (Å²) in [4.78, 5) is 18.0. The number of fused-ring (bicyclic) bond motifs is 1. The highest BCUT2D eigenvalue weighted by Crippen LogP contribution is 2.27. The topological polar surface area (TPSA) is 69.0 Å². The van der Waals surface area contributed by atoms with Crippen LogP contribution in [-0.4, -0.2) is 26.8 Å². The minimum Gasteiger partial charge on any atom is -0.491 e. The molecule has 0 unspecified atom stereocenters. The quantitative estimate of drug-likeness (QED) is 0.601. The van der Waals surface area contributed by atoms with Crippen LogP contribution in [0.15, 0.2) is 30.5 Å². The molecule has 154 valence electrons. The summed E-state index contributed by atoms with van der Waals surface area (Å²) in [6.07, 6.45) is 1.83. The maximum absolute atomic E-state index is 13.2. The Morgan fingerprint density at radius 2 is 1.83 bits per heavy atom. The number of carbonyl (C=O) groups is 1. The number of benzene rings is 1. The number of pyridine rings is 1. The van der Waals surface area contributed by atoms with Crippen LogP contribution in [-0.2, 0) is 0 Å². The average molecular weight is 395 g/mol. The third-order valence-electron chi connectivity index (χ3n) is 4.73. The van der Waals surface area contributed by atoms with Gasteiger partial charge in [-0.3, -0.25) is 4.79 Å². The standard InChI is InChI=1S/C23H30N4O2/c1-13(2)21-11-18(19-12-24-27(14(3)4)22(19)25-21)23(28)26-20-9-8-17(10-16(20)7)29-15(5)6/h8-15H,1-7H3,(H,26,28). The maximum atomic E-state index is 13.2. The molecule has 1 aromatic carbocycles. The highest BCUT2D eigenvalue weighted by atomic mass is 16.5. The molecule has 0 radical (unpaired) electrons. The Bertz CT molecular complexity index is 1030. The van der Waals surface area contributed by atoms with Gasteiger partial charge in [-0.05, 0) is 70.4 Å². The van der Waals surface area contributed by atoms with Crippen molar-refractivity contribution in [2.45, 2.75) is 66.5 Å². The summed E-state index contributed by atoms with van der Waals surface area (Å²) in [7, 11) is 0. The predicted molar refractivity (Wildman–Crippen MR) is 117 cm³/mol. The van der Waals surface area contributed by atoms with Gasteiger partial charge in [0.15, 0.2) is 5.65 Å². The van der Waals surface area contributed by atoms with Gasteiger partial charge in [0, 0.05) is 17.4 Å². The molecule has 0 saturated carbocycles. The van der Waals surface area contributed by atoms with E-state index in [9.17, 15) is 4.79 Å². The van der Waals surface area contributed by atoms with Crippen LogP contribution >= 0.6 is 0 Å². The van der Waals surface area contributed by atoms with Gasteiger partial charge >= 0.3 is 0 Å². The first-order valence-electron chi connectivity index (χ1n) is 10.1. The van der Waals surface area contributed by atoms with E-state index in [1.165, 1.54) is 0 Å². The molecule has 0 aliphatic rings. The normalized spacial score (nSPS) is 11.7. The van der Waals surface area contributed by atoms with Crippen LogP contribution in [0.3, 0.4) is 0 Å². The van der Waals surface area contributed by atoms with Crippen molar-refractivity contribution in [2.24, 2.45) is 0 Å². The molecule has 0 fully saturated rings. The molecule has 6 heteroatoms. The van der Waals surface area contributed by atoms with Crippen molar-refractivity contribution < 1.29 is 9.53 Å². The lowest BCUT2D eigenvalue weighted by Crippen LogP contribution is -2.15. The van der Waals surface area contributed by atoms with Crippen molar-refractivity contribution in [3.63, 3.8) is 0 Å². The molecule has 2 heterocycles. The Morgan fingerprint density at radius 1 is 1.10 bits per heavy atom. The van der Waals surface area contributed by atoms with Crippen molar-refractivity contribution in [1.29, 1.82) is 0 Å². The summed E-state index contributed by atoms with van der Waals surface area (Å²) in [5.74, 6) is 0.834. The lowest BCUT2D eigenvalue weighted by molar-refractivity contribution is 0.102. The van der Waals surface area contributed by atoms with Gasteiger partial charge in [0.2, 0.25) is 0 Å². The minimum absolute atomic E-state index is 0.104. The fraction of sp³-hybridized carbons (Fsp3) is 0.435. The predicted octanol–water partition coefficient (Wildman–Crippen LogP) is 5.48. The van der Waals surface area contributed by atoms with E-state index >= 15 is 0 Å². The van der Waals surface area contributed by atoms with E-state index in [0.29, 0.717) is 5.56 Å². The van der Waals surface area contributed by atoms with Crippen LogP contribution in [0.2, 0.25) is 0 Å². The van der Waals surface area contributed by atoms with Gasteiger partial charge in [0.05, 0.1) is 23.3 Å². The van der Waals surface area contributed by atoms with Crippen LogP contribution in [0.5, 0.6) is 5.75 Å². The van der Waals surface area contributed by atoms with Gasteiger partial charge in [-0.1, -0.05) is 13.8 Å². The molecule has 29 heavy (non-hydrogen) atoms. The van der Waals surface area contributed by atoms with Gasteiger partial charge < -0.3 is 10.1 Å². The summed E-state index contributed by atoms with van der Waals surface area (Å²) in [6, 6.07) is 7.73. The molecule has 1 amide bonds. The Kier molecular flexibility index (Phi) is 5.91. The van der Waals surface area contributed by atoms with Crippen molar-refractivity contribution in [3.05, 3.63) is 47.3 Å². The van der Waals surface area contributed by atoms with Gasteiger partial charge in [0.25, 0.3) is 5.91 Å². The monoisotopic (exact) mass is 394 g/mol. The number of hydrogen-bond acceptors (Lipinski definition) is 4. The average Bonchev–Trinajstić information content (AvgIpc) is 3.06. The number of nitrogens with one attached hydrogen (secondary N) is 1. The van der Waals surface area contributed by atoms with E-state index in [1.807, 2.05) is 49.7 Å². The Morgan fingerprint density at radius 3 is 2.41 bits per heavy atom. The number of aryl methyl sites for hydroxylation is 1. The van der Waals surface area contributed by atoms with E-state index in [0.717, 1.165) is 33.7 Å². The zero-order valence-corrected chi connectivity index (χ0v) is 18.3. The van der Waals surface area contributed by atoms with Crippen molar-refractivity contribution in [1.82, 2.24) is 14.8 Å². The second kappa shape index (κ2) is 8.23. The summed E-state index contributed by atoms with van der Waals surface area (Å²) in [6.45, 7) is 14.2. The molecular weight excluding hydrogens is 364 g/mol. The SMILES string of the molecule is Cc1cc(OC(C)C)ccc1NC(=O)c1cc(C(C)C)nc2c1cnn2C(C)C. The van der Waals surface area contributed by atoms with Crippen molar-refractivity contribution in [3.8, 4) is 5.75 Å². The molecule has 0 aliphatic heterocycles. The van der Waals surface area contributed by atoms with Crippen molar-refractivity contribution >= 4 is 22.6 Å². The highest BCUT2D eigenvalue weighted by molar-refractivity contribution is 6.12. The first-order valence-corrected chi connectivity index (χ1v) is 10.1. The molecule has 1 N–H and O–H groups in total. The summed E-state index contributed by atoms with van der Waals surface area (Å²) in [5.41, 5.74) is 3.92. The third-order valence-corrected chi connectivity index (χ3v) is 4.73. The molecule has 3 aromatic rings. The van der Waals surface area contributed by atoms with E-state index in [2.05, 4.69) is 38.1 Å². The molecule has 0 aliphatic carbocycles. The largest absolute Gasteiger partial charge is 0.491 e. The van der Waals surface area contributed by atoms with E-state index in [-0.39, 0.29) is 24.0 Å². The van der Waals surface area contributed by atoms with Gasteiger partial charge in [-0.25, -0.2) is 9.67 Å². The van der Waals surface area contributed by atoms with Crippen LogP contribution in [0.1, 0.15) is 75.1 Å². The molecule has 6 nitrogen and oxygen atoms in total. The third kappa shape index (κ3) is 4.42. The number of ether oxygens (including phenoxy) is 1. The number of rotatable bonds is 6. The maximum Gasteiger partial charge on any atom is 0.256 e. The number of aromatic nitrogens is 3. The Labute approximate surface area is 172 Å². The second-order valence-electron chi connectivity index (χ2n) is 8.27. The Balaban J connectivity index is 1.99. The van der Waals surface area contributed by atoms with Crippen LogP contribution < -0.4 is 10.1 Å². The number of amides is 1. The zero-order chi connectivity index (χ0) is 21.3. The molecule has 0 spiro atoms. The molecule has 0 saturated heterocycles. The molecule has 3 rings (SSSR count). The van der Waals surface area contributed by atoms with Crippen molar-refractivity contribution in [2.75, 3.05) is 5.32 Å². The first-order chi connectivity index (χ1) is 13.7. The second-order valence-corrected chi connectivity index (χ2v) is 8.27. The summed E-state index contributed by atoms with van der Waals surface area (Å²) in [5, 5.41) is 8.27. The summed E-state index contributed by atoms with van der Waals surface area (Å²) < 4.78 is 7.59. The Hall–Kier alpha value is -2.89. The van der Waals surface area contributed by atoms with Crippen LogP contribution in [0.25, 0.3) is 11.0 Å².